The van der Waals surface area contributed by atoms with Crippen LogP contribution in [0.15, 0.2) is 0 Å². The van der Waals surface area contributed by atoms with Crippen molar-refractivity contribution in [2.45, 2.75) is 26.7 Å². The van der Waals surface area contributed by atoms with E-state index in [0.717, 1.165) is 9.80 Å². The van der Waals surface area contributed by atoms with Crippen LogP contribution in [0, 0.1) is 0 Å². The van der Waals surface area contributed by atoms with E-state index in [2.05, 4.69) is 0 Å². The average molecular weight is 274 g/mol. The maximum absolute atomic E-state index is 11.7. The molecule has 108 valence electrons. The monoisotopic (exact) mass is 274 g/mol. The molecule has 0 aliphatic rings. The van der Waals surface area contributed by atoms with E-state index >= 15 is 0 Å². The van der Waals surface area contributed by atoms with E-state index in [1.165, 1.54) is 14.1 Å². The molecule has 0 aromatic carbocycles. The third-order valence-corrected chi connectivity index (χ3v) is 1.89. The molecule has 0 atom stereocenters. The maximum Gasteiger partial charge on any atom is 0.315 e. The summed E-state index contributed by atoms with van der Waals surface area (Å²) in [6, 6.07) is 0. The molecule has 0 aromatic heterocycles. The summed E-state index contributed by atoms with van der Waals surface area (Å²) in [6.07, 6.45) is -5.73. The lowest BCUT2D eigenvalue weighted by Crippen LogP contribution is -2.35. The zero-order valence-corrected chi connectivity index (χ0v) is 10.8. The molecular weight excluding hydrogens is 256 g/mol. The Morgan fingerprint density at radius 3 is 1.28 bits per heavy atom. The first-order chi connectivity index (χ1) is 8.18. The molecule has 0 heterocycles. The molecule has 0 aliphatic heterocycles. The van der Waals surface area contributed by atoms with Crippen molar-refractivity contribution in [3.63, 3.8) is 0 Å². The summed E-state index contributed by atoms with van der Waals surface area (Å²) in [4.78, 5) is 22.5. The molecular formula is C10H18F4N2O2. The van der Waals surface area contributed by atoms with Gasteiger partial charge >= 0.3 is 12.9 Å². The van der Waals surface area contributed by atoms with E-state index in [-0.39, 0.29) is 0 Å². The lowest BCUT2D eigenvalue weighted by molar-refractivity contribution is -0.142. The van der Waals surface area contributed by atoms with Crippen LogP contribution in [-0.2, 0) is 9.59 Å². The standard InChI is InChI=1S/C6H11F2NO.C4H7F2NO/c1-3-9(4-2)6(10)5(7)8;1-7(2)4(8)3(5)6/h5H,3-4H2,1-2H3;3H,1-2H3. The average Bonchev–Trinajstić information content (AvgIpc) is 2.29. The molecule has 0 N–H and O–H groups in total. The topological polar surface area (TPSA) is 40.6 Å². The van der Waals surface area contributed by atoms with Crippen molar-refractivity contribution in [1.82, 2.24) is 9.80 Å². The summed E-state index contributed by atoms with van der Waals surface area (Å²) >= 11 is 0. The van der Waals surface area contributed by atoms with Crippen molar-refractivity contribution < 1.29 is 27.2 Å². The van der Waals surface area contributed by atoms with Crippen LogP contribution < -0.4 is 0 Å². The smallest absolute Gasteiger partial charge is 0.315 e. The minimum atomic E-state index is -2.87. The third kappa shape index (κ3) is 7.86. The number of hydrogen-bond acceptors (Lipinski definition) is 2. The molecule has 0 rings (SSSR count). The van der Waals surface area contributed by atoms with Gasteiger partial charge in [0.15, 0.2) is 0 Å². The number of carbonyl (C=O) groups excluding carboxylic acids is 2. The summed E-state index contributed by atoms with van der Waals surface area (Å²) in [6.45, 7) is 4.03. The molecule has 0 aliphatic carbocycles. The Labute approximate surface area is 104 Å². The fourth-order valence-electron chi connectivity index (χ4n) is 0.868. The van der Waals surface area contributed by atoms with E-state index in [4.69, 9.17) is 0 Å². The van der Waals surface area contributed by atoms with Crippen LogP contribution >= 0.6 is 0 Å². The summed E-state index contributed by atoms with van der Waals surface area (Å²) < 4.78 is 45.9. The first-order valence-corrected chi connectivity index (χ1v) is 5.25. The molecule has 0 saturated carbocycles. The Balaban J connectivity index is 0. The van der Waals surface area contributed by atoms with Gasteiger partial charge in [0.25, 0.3) is 11.8 Å². The van der Waals surface area contributed by atoms with Gasteiger partial charge in [-0.2, -0.15) is 17.6 Å². The zero-order valence-electron chi connectivity index (χ0n) is 10.8. The molecule has 8 heteroatoms. The predicted octanol–water partition coefficient (Wildman–Crippen LogP) is 1.46. The van der Waals surface area contributed by atoms with Gasteiger partial charge in [-0.1, -0.05) is 0 Å². The lowest BCUT2D eigenvalue weighted by atomic mass is 10.4. The second-order valence-electron chi connectivity index (χ2n) is 3.34. The second kappa shape index (κ2) is 9.67. The minimum absolute atomic E-state index is 0.347. The summed E-state index contributed by atoms with van der Waals surface area (Å²) in [5.74, 6) is -2.23. The first kappa shape index (κ1) is 19.0. The number of amides is 2. The van der Waals surface area contributed by atoms with Gasteiger partial charge < -0.3 is 9.80 Å². The Morgan fingerprint density at radius 1 is 0.889 bits per heavy atom. The SMILES string of the molecule is CCN(CC)C(=O)C(F)F.CN(C)C(=O)C(F)F. The van der Waals surface area contributed by atoms with E-state index in [1.54, 1.807) is 13.8 Å². The van der Waals surface area contributed by atoms with Gasteiger partial charge in [-0.15, -0.1) is 0 Å². The van der Waals surface area contributed by atoms with Crippen LogP contribution in [0.3, 0.4) is 0 Å². The van der Waals surface area contributed by atoms with Crippen LogP contribution in [0.1, 0.15) is 13.8 Å². The van der Waals surface area contributed by atoms with Crippen LogP contribution in [0.4, 0.5) is 17.6 Å². The number of nitrogens with zero attached hydrogens (tertiary/aromatic N) is 2. The highest BCUT2D eigenvalue weighted by Crippen LogP contribution is 1.99. The van der Waals surface area contributed by atoms with Crippen LogP contribution in [-0.4, -0.2) is 61.6 Å². The molecule has 0 aromatic rings. The van der Waals surface area contributed by atoms with Gasteiger partial charge in [-0.25, -0.2) is 0 Å². The van der Waals surface area contributed by atoms with Crippen LogP contribution in [0.2, 0.25) is 0 Å². The fraction of sp³-hybridized carbons (Fsp3) is 0.800. The van der Waals surface area contributed by atoms with Crippen molar-refractivity contribution in [3.8, 4) is 0 Å². The Bertz CT molecular complexity index is 246. The van der Waals surface area contributed by atoms with Crippen LogP contribution in [0.5, 0.6) is 0 Å². The number of hydrogen-bond donors (Lipinski definition) is 0. The molecule has 18 heavy (non-hydrogen) atoms. The Hall–Kier alpha value is -1.34. The number of carbonyl (C=O) groups is 2. The van der Waals surface area contributed by atoms with Crippen molar-refractivity contribution in [1.29, 1.82) is 0 Å². The van der Waals surface area contributed by atoms with Gasteiger partial charge in [-0.3, -0.25) is 9.59 Å². The summed E-state index contributed by atoms with van der Waals surface area (Å²) in [5.41, 5.74) is 0. The molecule has 0 saturated heterocycles. The highest BCUT2D eigenvalue weighted by Gasteiger charge is 2.19. The third-order valence-electron chi connectivity index (χ3n) is 1.89. The van der Waals surface area contributed by atoms with Crippen molar-refractivity contribution in [2.24, 2.45) is 0 Å². The van der Waals surface area contributed by atoms with Crippen molar-refractivity contribution in [2.75, 3.05) is 27.2 Å². The largest absolute Gasteiger partial charge is 0.344 e. The Morgan fingerprint density at radius 2 is 1.22 bits per heavy atom. The highest BCUT2D eigenvalue weighted by molar-refractivity contribution is 5.79. The highest BCUT2D eigenvalue weighted by atomic mass is 19.3. The fourth-order valence-corrected chi connectivity index (χ4v) is 0.868. The first-order valence-electron chi connectivity index (χ1n) is 5.25. The number of halogens is 4. The van der Waals surface area contributed by atoms with E-state index in [9.17, 15) is 27.2 Å². The molecule has 4 nitrogen and oxygen atoms in total. The normalized spacial score (nSPS) is 9.89. The lowest BCUT2D eigenvalue weighted by Gasteiger charge is -2.17. The summed E-state index contributed by atoms with van der Waals surface area (Å²) in [5, 5.41) is 0. The molecule has 0 unspecified atom stereocenters. The minimum Gasteiger partial charge on any atom is -0.344 e. The molecule has 0 bridgehead atoms. The molecule has 0 fully saturated rings. The maximum atomic E-state index is 11.7. The second-order valence-corrected chi connectivity index (χ2v) is 3.34. The van der Waals surface area contributed by atoms with Crippen molar-refractivity contribution >= 4 is 11.8 Å². The van der Waals surface area contributed by atoms with E-state index < -0.39 is 24.7 Å². The molecule has 2 amide bonds. The predicted molar refractivity (Wildman–Crippen MR) is 58.6 cm³/mol. The van der Waals surface area contributed by atoms with E-state index in [0.29, 0.717) is 13.1 Å². The van der Waals surface area contributed by atoms with Gasteiger partial charge in [0.05, 0.1) is 0 Å². The molecule has 0 radical (unpaired) electrons. The van der Waals surface area contributed by atoms with Gasteiger partial charge in [0, 0.05) is 27.2 Å². The van der Waals surface area contributed by atoms with E-state index in [1.807, 2.05) is 0 Å². The van der Waals surface area contributed by atoms with Gasteiger partial charge in [0.1, 0.15) is 0 Å². The summed E-state index contributed by atoms with van der Waals surface area (Å²) in [7, 11) is 2.57. The quantitative estimate of drug-likeness (QED) is 0.728. The van der Waals surface area contributed by atoms with Gasteiger partial charge in [0.2, 0.25) is 0 Å². The van der Waals surface area contributed by atoms with Gasteiger partial charge in [-0.05, 0) is 13.8 Å². The number of rotatable bonds is 4. The Kier molecular flexibility index (Phi) is 10.2. The van der Waals surface area contributed by atoms with Crippen LogP contribution in [0.25, 0.3) is 0 Å². The van der Waals surface area contributed by atoms with Crippen molar-refractivity contribution in [3.05, 3.63) is 0 Å². The number of alkyl halides is 4. The molecule has 0 spiro atoms. The zero-order chi connectivity index (χ0) is 14.9.